The lowest BCUT2D eigenvalue weighted by molar-refractivity contribution is 1.08. The molecule has 0 radical (unpaired) electrons. The lowest BCUT2D eigenvalue weighted by atomic mass is 9.94. The van der Waals surface area contributed by atoms with E-state index in [1.54, 1.807) is 0 Å². The Morgan fingerprint density at radius 2 is 0.603 bits per heavy atom. The minimum Gasteiger partial charge on any atom is -0.208 e. The van der Waals surface area contributed by atoms with Crippen LogP contribution >= 0.6 is 0 Å². The molecular formula is C55H35N3. The van der Waals surface area contributed by atoms with Gasteiger partial charge in [0.05, 0.1) is 0 Å². The Hall–Kier alpha value is -7.75. The van der Waals surface area contributed by atoms with Crippen LogP contribution in [0.1, 0.15) is 0 Å². The van der Waals surface area contributed by atoms with Crippen LogP contribution in [0.15, 0.2) is 212 Å². The number of rotatable bonds is 6. The van der Waals surface area contributed by atoms with E-state index in [-0.39, 0.29) is 0 Å². The van der Waals surface area contributed by atoms with Gasteiger partial charge in [0.2, 0.25) is 0 Å². The first-order chi connectivity index (χ1) is 28.7. The van der Waals surface area contributed by atoms with Gasteiger partial charge in [-0.1, -0.05) is 188 Å². The fourth-order valence-corrected chi connectivity index (χ4v) is 8.24. The molecule has 3 heteroatoms. The highest BCUT2D eigenvalue weighted by Crippen LogP contribution is 2.37. The molecular weight excluding hydrogens is 703 g/mol. The molecule has 0 saturated heterocycles. The van der Waals surface area contributed by atoms with Crippen LogP contribution in [0, 0.1) is 0 Å². The molecule has 0 bridgehead atoms. The highest BCUT2D eigenvalue weighted by Gasteiger charge is 2.17. The van der Waals surface area contributed by atoms with E-state index < -0.39 is 0 Å². The van der Waals surface area contributed by atoms with Gasteiger partial charge in [-0.3, -0.25) is 0 Å². The molecule has 0 unspecified atom stereocenters. The summed E-state index contributed by atoms with van der Waals surface area (Å²) >= 11 is 0. The second kappa shape index (κ2) is 14.1. The third-order valence-electron chi connectivity index (χ3n) is 11.3. The molecule has 0 saturated carbocycles. The maximum atomic E-state index is 5.24. The van der Waals surface area contributed by atoms with Gasteiger partial charge in [0.1, 0.15) is 0 Å². The van der Waals surface area contributed by atoms with Crippen molar-refractivity contribution in [2.45, 2.75) is 0 Å². The summed E-state index contributed by atoms with van der Waals surface area (Å²) in [5, 5.41) is 9.45. The van der Waals surface area contributed by atoms with Crippen LogP contribution in [0.2, 0.25) is 0 Å². The maximum Gasteiger partial charge on any atom is 0.164 e. The van der Waals surface area contributed by atoms with E-state index in [1.165, 1.54) is 54.7 Å². The molecule has 0 atom stereocenters. The van der Waals surface area contributed by atoms with Crippen molar-refractivity contribution in [1.82, 2.24) is 15.0 Å². The Balaban J connectivity index is 1.04. The van der Waals surface area contributed by atoms with Gasteiger partial charge < -0.3 is 0 Å². The highest BCUT2D eigenvalue weighted by molar-refractivity contribution is 6.05. The fraction of sp³-hybridized carbons (Fsp3) is 0. The zero-order chi connectivity index (χ0) is 38.4. The van der Waals surface area contributed by atoms with Crippen molar-refractivity contribution in [3.05, 3.63) is 212 Å². The van der Waals surface area contributed by atoms with Gasteiger partial charge in [-0.2, -0.15) is 0 Å². The molecule has 0 amide bonds. The van der Waals surface area contributed by atoms with Crippen molar-refractivity contribution in [1.29, 1.82) is 0 Å². The van der Waals surface area contributed by atoms with Crippen LogP contribution < -0.4 is 0 Å². The first kappa shape index (κ1) is 33.6. The highest BCUT2D eigenvalue weighted by atomic mass is 15.0. The van der Waals surface area contributed by atoms with Crippen molar-refractivity contribution in [2.75, 3.05) is 0 Å². The molecule has 270 valence electrons. The quantitative estimate of drug-likeness (QED) is 0.171. The summed E-state index contributed by atoms with van der Waals surface area (Å²) in [5.41, 5.74) is 9.89. The second-order valence-electron chi connectivity index (χ2n) is 14.9. The molecule has 1 heterocycles. The smallest absolute Gasteiger partial charge is 0.164 e. The van der Waals surface area contributed by atoms with Crippen LogP contribution in [0.3, 0.4) is 0 Å². The zero-order valence-electron chi connectivity index (χ0n) is 31.5. The third kappa shape index (κ3) is 6.16. The van der Waals surface area contributed by atoms with Gasteiger partial charge >= 0.3 is 0 Å². The topological polar surface area (TPSA) is 38.7 Å². The number of hydrogen-bond donors (Lipinski definition) is 0. The molecule has 10 aromatic carbocycles. The van der Waals surface area contributed by atoms with Crippen molar-refractivity contribution in [3.63, 3.8) is 0 Å². The van der Waals surface area contributed by atoms with Crippen molar-refractivity contribution >= 4 is 43.1 Å². The van der Waals surface area contributed by atoms with Crippen LogP contribution in [-0.4, -0.2) is 15.0 Å². The van der Waals surface area contributed by atoms with Gasteiger partial charge in [-0.05, 0) is 101 Å². The second-order valence-corrected chi connectivity index (χ2v) is 14.9. The predicted octanol–water partition coefficient (Wildman–Crippen LogP) is 14.5. The number of aromatic nitrogens is 3. The largest absolute Gasteiger partial charge is 0.208 e. The minimum atomic E-state index is 0.632. The van der Waals surface area contributed by atoms with Crippen molar-refractivity contribution < 1.29 is 0 Å². The lowest BCUT2D eigenvalue weighted by Crippen LogP contribution is -2.01. The molecule has 0 fully saturated rings. The van der Waals surface area contributed by atoms with E-state index in [0.29, 0.717) is 17.5 Å². The SMILES string of the molecule is c1ccc(-c2ccc3cc(-c4nc(-c5ccc(-c6ccc7ccccc7c6)cc5)nc(-c5cccc6c(-c7ccc8ccccc8c7)cccc56)n4)ccc3c2)cc1. The van der Waals surface area contributed by atoms with Gasteiger partial charge in [-0.15, -0.1) is 0 Å². The normalized spacial score (nSPS) is 11.4. The van der Waals surface area contributed by atoms with Crippen LogP contribution in [0.25, 0.3) is 111 Å². The van der Waals surface area contributed by atoms with Gasteiger partial charge in [0.25, 0.3) is 0 Å². The summed E-state index contributed by atoms with van der Waals surface area (Å²) < 4.78 is 0. The van der Waals surface area contributed by atoms with Gasteiger partial charge in [0, 0.05) is 16.7 Å². The van der Waals surface area contributed by atoms with Crippen LogP contribution in [0.4, 0.5) is 0 Å². The number of nitrogens with zero attached hydrogens (tertiary/aromatic N) is 3. The predicted molar refractivity (Wildman–Crippen MR) is 242 cm³/mol. The first-order valence-corrected chi connectivity index (χ1v) is 19.7. The van der Waals surface area contributed by atoms with Gasteiger partial charge in [0.15, 0.2) is 17.5 Å². The van der Waals surface area contributed by atoms with Crippen molar-refractivity contribution in [3.8, 4) is 67.5 Å². The molecule has 58 heavy (non-hydrogen) atoms. The summed E-state index contributed by atoms with van der Waals surface area (Å²) in [6.07, 6.45) is 0. The summed E-state index contributed by atoms with van der Waals surface area (Å²) in [6.45, 7) is 0. The summed E-state index contributed by atoms with van der Waals surface area (Å²) in [4.78, 5) is 15.6. The molecule has 0 aliphatic carbocycles. The average Bonchev–Trinajstić information content (AvgIpc) is 3.30. The standard InChI is InChI=1S/C55H35N3/c1-2-10-36(11-3-1)43-27-28-46-35-48(31-29-45(46)33-43)54-56-53(40-24-20-39(21-25-40)44-26-22-37-12-4-6-14-41(37)32-44)57-55(58-54)52-19-9-17-50-49(16-8-18-51(50)52)47-30-23-38-13-5-7-15-42(38)34-47/h1-35H. The Morgan fingerprint density at radius 3 is 1.26 bits per heavy atom. The van der Waals surface area contributed by atoms with Crippen LogP contribution in [0.5, 0.6) is 0 Å². The number of hydrogen-bond acceptors (Lipinski definition) is 3. The van der Waals surface area contributed by atoms with E-state index in [1.807, 2.05) is 0 Å². The third-order valence-corrected chi connectivity index (χ3v) is 11.3. The van der Waals surface area contributed by atoms with Gasteiger partial charge in [-0.25, -0.2) is 15.0 Å². The van der Waals surface area contributed by atoms with E-state index >= 15 is 0 Å². The maximum absolute atomic E-state index is 5.24. The molecule has 1 aromatic heterocycles. The Bertz CT molecular complexity index is 3330. The summed E-state index contributed by atoms with van der Waals surface area (Å²) in [7, 11) is 0. The Morgan fingerprint density at radius 1 is 0.207 bits per heavy atom. The molecule has 0 aliphatic rings. The Labute approximate surface area is 336 Å². The summed E-state index contributed by atoms with van der Waals surface area (Å²) in [5.74, 6) is 1.90. The fourth-order valence-electron chi connectivity index (χ4n) is 8.24. The molecule has 3 nitrogen and oxygen atoms in total. The van der Waals surface area contributed by atoms with E-state index in [2.05, 4.69) is 212 Å². The van der Waals surface area contributed by atoms with Crippen LogP contribution in [-0.2, 0) is 0 Å². The molecule has 0 spiro atoms. The molecule has 11 aromatic rings. The summed E-state index contributed by atoms with van der Waals surface area (Å²) in [6, 6.07) is 75.5. The first-order valence-electron chi connectivity index (χ1n) is 19.7. The monoisotopic (exact) mass is 737 g/mol. The number of fused-ring (bicyclic) bond motifs is 4. The van der Waals surface area contributed by atoms with E-state index in [9.17, 15) is 0 Å². The lowest BCUT2D eigenvalue weighted by Gasteiger charge is -2.13. The minimum absolute atomic E-state index is 0.632. The molecule has 0 N–H and O–H groups in total. The number of benzene rings is 10. The Kier molecular flexibility index (Phi) is 8.15. The molecule has 11 rings (SSSR count). The molecule has 0 aliphatic heterocycles. The average molecular weight is 738 g/mol. The van der Waals surface area contributed by atoms with E-state index in [0.717, 1.165) is 38.4 Å². The van der Waals surface area contributed by atoms with Crippen molar-refractivity contribution in [2.24, 2.45) is 0 Å². The zero-order valence-corrected chi connectivity index (χ0v) is 31.5. The van der Waals surface area contributed by atoms with E-state index in [4.69, 9.17) is 15.0 Å².